The minimum absolute atomic E-state index is 0.263. The van der Waals surface area contributed by atoms with Gasteiger partial charge in [0.1, 0.15) is 11.6 Å². The third-order valence-corrected chi connectivity index (χ3v) is 3.80. The summed E-state index contributed by atoms with van der Waals surface area (Å²) >= 11 is 0. The van der Waals surface area contributed by atoms with Crippen molar-refractivity contribution in [3.05, 3.63) is 90.2 Å². The van der Waals surface area contributed by atoms with E-state index in [1.807, 2.05) is 0 Å². The Morgan fingerprint density at radius 1 is 1.04 bits per heavy atom. The number of allylic oxidation sites excluding steroid dienone is 2. The summed E-state index contributed by atoms with van der Waals surface area (Å²) in [5.74, 6) is -1.02. The largest absolute Gasteiger partial charge is 0.326 e. The minimum atomic E-state index is -1.07. The minimum Gasteiger partial charge on any atom is -0.326 e. The lowest BCUT2D eigenvalue weighted by atomic mass is 9.94. The lowest BCUT2D eigenvalue weighted by Crippen LogP contribution is -2.55. The zero-order chi connectivity index (χ0) is 17.2. The van der Waals surface area contributed by atoms with E-state index in [1.165, 1.54) is 31.2 Å². The third-order valence-electron chi connectivity index (χ3n) is 3.80. The standard InChI is InChI=1S/C19H16F2N2O/c1-14(24)22-19(15-7-9-16(20)10-8-15)11-2-3-12-23(19)18-6-4-5-17(21)13-18/h2-13H,1H3,(H,22,24). The summed E-state index contributed by atoms with van der Waals surface area (Å²) < 4.78 is 27.0. The van der Waals surface area contributed by atoms with Gasteiger partial charge in [0, 0.05) is 24.4 Å². The van der Waals surface area contributed by atoms with Crippen LogP contribution in [0.1, 0.15) is 12.5 Å². The third kappa shape index (κ3) is 2.93. The molecule has 1 unspecified atom stereocenters. The van der Waals surface area contributed by atoms with Crippen LogP contribution in [0, 0.1) is 11.6 Å². The second-order valence-electron chi connectivity index (χ2n) is 5.50. The number of carbonyl (C=O) groups is 1. The predicted octanol–water partition coefficient (Wildman–Crippen LogP) is 3.84. The second kappa shape index (κ2) is 6.28. The lowest BCUT2D eigenvalue weighted by Gasteiger charge is -2.43. The van der Waals surface area contributed by atoms with Gasteiger partial charge in [0.2, 0.25) is 5.91 Å². The van der Waals surface area contributed by atoms with E-state index in [2.05, 4.69) is 5.32 Å². The number of hydrogen-bond acceptors (Lipinski definition) is 2. The van der Waals surface area contributed by atoms with Gasteiger partial charge in [0.25, 0.3) is 0 Å². The molecule has 0 bridgehead atoms. The van der Waals surface area contributed by atoms with Crippen molar-refractivity contribution in [1.29, 1.82) is 0 Å². The average molecular weight is 326 g/mol. The zero-order valence-corrected chi connectivity index (χ0v) is 13.0. The van der Waals surface area contributed by atoms with Crippen LogP contribution in [0.2, 0.25) is 0 Å². The molecule has 24 heavy (non-hydrogen) atoms. The normalized spacial score (nSPS) is 19.4. The number of nitrogens with one attached hydrogen (secondary N) is 1. The zero-order valence-electron chi connectivity index (χ0n) is 13.0. The van der Waals surface area contributed by atoms with Crippen LogP contribution in [-0.4, -0.2) is 5.91 Å². The van der Waals surface area contributed by atoms with Crippen LogP contribution >= 0.6 is 0 Å². The summed E-state index contributed by atoms with van der Waals surface area (Å²) in [7, 11) is 0. The van der Waals surface area contributed by atoms with Crippen molar-refractivity contribution < 1.29 is 13.6 Å². The second-order valence-corrected chi connectivity index (χ2v) is 5.50. The molecule has 0 aliphatic carbocycles. The first-order valence-corrected chi connectivity index (χ1v) is 7.47. The van der Waals surface area contributed by atoms with Gasteiger partial charge < -0.3 is 10.2 Å². The number of halogens is 2. The number of nitrogens with zero attached hydrogens (tertiary/aromatic N) is 1. The highest BCUT2D eigenvalue weighted by atomic mass is 19.1. The van der Waals surface area contributed by atoms with Crippen LogP contribution < -0.4 is 10.2 Å². The Kier molecular flexibility index (Phi) is 4.16. The Morgan fingerprint density at radius 3 is 2.46 bits per heavy atom. The highest BCUT2D eigenvalue weighted by molar-refractivity contribution is 5.76. The summed E-state index contributed by atoms with van der Waals surface area (Å²) in [5, 5.41) is 2.90. The fourth-order valence-electron chi connectivity index (χ4n) is 2.83. The molecule has 3 nitrogen and oxygen atoms in total. The molecular weight excluding hydrogens is 310 g/mol. The van der Waals surface area contributed by atoms with Crippen LogP contribution in [0.4, 0.5) is 14.5 Å². The molecule has 2 aromatic carbocycles. The number of hydrogen-bond donors (Lipinski definition) is 1. The van der Waals surface area contributed by atoms with Crippen LogP contribution in [0.5, 0.6) is 0 Å². The summed E-state index contributed by atoms with van der Waals surface area (Å²) in [6.45, 7) is 1.40. The van der Waals surface area contributed by atoms with Crippen LogP contribution in [0.15, 0.2) is 73.0 Å². The maximum atomic E-state index is 13.7. The van der Waals surface area contributed by atoms with E-state index in [4.69, 9.17) is 0 Å². The van der Waals surface area contributed by atoms with E-state index in [1.54, 1.807) is 53.6 Å². The Labute approximate surface area is 138 Å². The fourth-order valence-corrected chi connectivity index (χ4v) is 2.83. The van der Waals surface area contributed by atoms with Crippen molar-refractivity contribution in [1.82, 2.24) is 5.32 Å². The van der Waals surface area contributed by atoms with Gasteiger partial charge in [0.05, 0.1) is 0 Å². The topological polar surface area (TPSA) is 32.3 Å². The van der Waals surface area contributed by atoms with E-state index in [-0.39, 0.29) is 17.5 Å². The molecule has 0 saturated carbocycles. The molecule has 0 saturated heterocycles. The Hall–Kier alpha value is -2.95. The molecule has 1 aliphatic heterocycles. The monoisotopic (exact) mass is 326 g/mol. The van der Waals surface area contributed by atoms with Gasteiger partial charge in [-0.25, -0.2) is 8.78 Å². The first-order chi connectivity index (χ1) is 11.5. The molecule has 0 radical (unpaired) electrons. The van der Waals surface area contributed by atoms with E-state index in [0.717, 1.165) is 0 Å². The molecule has 0 spiro atoms. The highest BCUT2D eigenvalue weighted by Crippen LogP contribution is 2.35. The van der Waals surface area contributed by atoms with Gasteiger partial charge in [-0.1, -0.05) is 24.3 Å². The molecular formula is C19H16F2N2O. The molecule has 0 aromatic heterocycles. The maximum absolute atomic E-state index is 13.7. The van der Waals surface area contributed by atoms with Crippen LogP contribution in [-0.2, 0) is 10.5 Å². The van der Waals surface area contributed by atoms with Gasteiger partial charge in [0.15, 0.2) is 5.66 Å². The molecule has 1 aliphatic rings. The number of benzene rings is 2. The number of rotatable bonds is 3. The maximum Gasteiger partial charge on any atom is 0.219 e. The first kappa shape index (κ1) is 15.9. The quantitative estimate of drug-likeness (QED) is 0.929. The van der Waals surface area contributed by atoms with Crippen molar-refractivity contribution in [2.24, 2.45) is 0 Å². The van der Waals surface area contributed by atoms with Gasteiger partial charge in [-0.05, 0) is 42.5 Å². The lowest BCUT2D eigenvalue weighted by molar-refractivity contribution is -0.120. The van der Waals surface area contributed by atoms with E-state index >= 15 is 0 Å². The van der Waals surface area contributed by atoms with E-state index in [9.17, 15) is 13.6 Å². The number of anilines is 1. The number of amides is 1. The molecule has 5 heteroatoms. The predicted molar refractivity (Wildman–Crippen MR) is 89.1 cm³/mol. The molecule has 3 rings (SSSR count). The van der Waals surface area contributed by atoms with Crippen molar-refractivity contribution in [3.8, 4) is 0 Å². The van der Waals surface area contributed by atoms with Crippen LogP contribution in [0.25, 0.3) is 0 Å². The molecule has 122 valence electrons. The molecule has 1 amide bonds. The fraction of sp³-hybridized carbons (Fsp3) is 0.105. The Morgan fingerprint density at radius 2 is 1.79 bits per heavy atom. The van der Waals surface area contributed by atoms with Crippen LogP contribution in [0.3, 0.4) is 0 Å². The number of carbonyl (C=O) groups excluding carboxylic acids is 1. The van der Waals surface area contributed by atoms with Crippen molar-refractivity contribution in [2.45, 2.75) is 12.6 Å². The molecule has 1 heterocycles. The van der Waals surface area contributed by atoms with Gasteiger partial charge in [-0.2, -0.15) is 0 Å². The molecule has 2 aromatic rings. The van der Waals surface area contributed by atoms with Gasteiger partial charge in [-0.15, -0.1) is 0 Å². The summed E-state index contributed by atoms with van der Waals surface area (Å²) in [6.07, 6.45) is 7.10. The Balaban J connectivity index is 2.17. The molecule has 0 fully saturated rings. The summed E-state index contributed by atoms with van der Waals surface area (Å²) in [6, 6.07) is 11.9. The van der Waals surface area contributed by atoms with E-state index in [0.29, 0.717) is 11.3 Å². The highest BCUT2D eigenvalue weighted by Gasteiger charge is 2.37. The Bertz CT molecular complexity index is 814. The smallest absolute Gasteiger partial charge is 0.219 e. The van der Waals surface area contributed by atoms with Crippen molar-refractivity contribution >= 4 is 11.6 Å². The average Bonchev–Trinajstić information content (AvgIpc) is 2.55. The van der Waals surface area contributed by atoms with Crippen molar-refractivity contribution in [2.75, 3.05) is 4.90 Å². The first-order valence-electron chi connectivity index (χ1n) is 7.47. The molecule has 1 atom stereocenters. The summed E-state index contributed by atoms with van der Waals surface area (Å²) in [4.78, 5) is 13.6. The molecule has 1 N–H and O–H groups in total. The van der Waals surface area contributed by atoms with E-state index < -0.39 is 5.66 Å². The summed E-state index contributed by atoms with van der Waals surface area (Å²) in [5.41, 5.74) is 0.153. The van der Waals surface area contributed by atoms with Gasteiger partial charge in [-0.3, -0.25) is 4.79 Å². The SMILES string of the molecule is CC(=O)NC1(c2ccc(F)cc2)C=CC=CN1c1cccc(F)c1. The van der Waals surface area contributed by atoms with Gasteiger partial charge >= 0.3 is 0 Å². The van der Waals surface area contributed by atoms with Crippen molar-refractivity contribution in [3.63, 3.8) is 0 Å².